The molecule has 4 nitrogen and oxygen atoms in total. The molecule has 1 heterocycles. The van der Waals surface area contributed by atoms with Crippen molar-refractivity contribution in [1.29, 1.82) is 0 Å². The van der Waals surface area contributed by atoms with Crippen LogP contribution < -0.4 is 5.32 Å². The molecule has 0 fully saturated rings. The molecule has 0 aliphatic carbocycles. The fraction of sp³-hybridized carbons (Fsp3) is 0.250. The van der Waals surface area contributed by atoms with Crippen LogP contribution in [0.4, 0.5) is 4.39 Å². The Bertz CT molecular complexity index is 658. The zero-order valence-electron chi connectivity index (χ0n) is 11.9. The van der Waals surface area contributed by atoms with Gasteiger partial charge in [0.15, 0.2) is 0 Å². The monoisotopic (exact) mass is 288 g/mol. The normalized spacial score (nSPS) is 12.0. The fourth-order valence-electron chi connectivity index (χ4n) is 2.06. The molecule has 1 aromatic heterocycles. The highest BCUT2D eigenvalue weighted by Gasteiger charge is 2.18. The Balaban J connectivity index is 2.20. The van der Waals surface area contributed by atoms with Gasteiger partial charge in [0.1, 0.15) is 11.6 Å². The second-order valence-electron chi connectivity index (χ2n) is 4.86. The lowest BCUT2D eigenvalue weighted by Crippen LogP contribution is -2.29. The van der Waals surface area contributed by atoms with E-state index in [2.05, 4.69) is 10.3 Å². The highest BCUT2D eigenvalue weighted by molar-refractivity contribution is 5.94. The largest absolute Gasteiger partial charge is 0.508 e. The fourth-order valence-corrected chi connectivity index (χ4v) is 2.06. The minimum Gasteiger partial charge on any atom is -0.508 e. The van der Waals surface area contributed by atoms with Gasteiger partial charge in [0.05, 0.1) is 17.3 Å². The van der Waals surface area contributed by atoms with Crippen molar-refractivity contribution in [2.75, 3.05) is 0 Å². The maximum atomic E-state index is 13.7. The number of aromatic hydroxyl groups is 1. The number of amides is 1. The molecule has 2 N–H and O–H groups in total. The van der Waals surface area contributed by atoms with E-state index in [1.807, 2.05) is 26.0 Å². The van der Waals surface area contributed by atoms with Crippen LogP contribution in [0.5, 0.6) is 5.75 Å². The van der Waals surface area contributed by atoms with Crippen LogP contribution in [0.3, 0.4) is 0 Å². The molecular formula is C16H17FN2O2. The van der Waals surface area contributed by atoms with Gasteiger partial charge in [0, 0.05) is 12.3 Å². The molecule has 0 aliphatic rings. The van der Waals surface area contributed by atoms with Gasteiger partial charge in [0.25, 0.3) is 5.91 Å². The Kier molecular flexibility index (Phi) is 4.52. The number of hydrogen-bond acceptors (Lipinski definition) is 3. The molecule has 0 aliphatic heterocycles. The minimum atomic E-state index is -0.750. The third kappa shape index (κ3) is 3.56. The second-order valence-corrected chi connectivity index (χ2v) is 4.86. The number of halogens is 1. The number of pyridine rings is 1. The molecule has 5 heteroatoms. The Morgan fingerprint density at radius 3 is 2.76 bits per heavy atom. The van der Waals surface area contributed by atoms with Crippen LogP contribution in [-0.2, 0) is 0 Å². The van der Waals surface area contributed by atoms with Gasteiger partial charge in [0.2, 0.25) is 0 Å². The predicted molar refractivity (Wildman–Crippen MR) is 77.5 cm³/mol. The molecule has 1 atom stereocenters. The van der Waals surface area contributed by atoms with Gasteiger partial charge in [-0.3, -0.25) is 9.78 Å². The Labute approximate surface area is 122 Å². The van der Waals surface area contributed by atoms with Crippen LogP contribution in [-0.4, -0.2) is 16.0 Å². The first-order chi connectivity index (χ1) is 10.0. The van der Waals surface area contributed by atoms with Crippen molar-refractivity contribution in [2.45, 2.75) is 26.3 Å². The van der Waals surface area contributed by atoms with Crippen LogP contribution in [0.25, 0.3) is 0 Å². The van der Waals surface area contributed by atoms with E-state index in [1.54, 1.807) is 6.20 Å². The quantitative estimate of drug-likeness (QED) is 0.908. The summed E-state index contributed by atoms with van der Waals surface area (Å²) < 4.78 is 13.7. The van der Waals surface area contributed by atoms with Crippen molar-refractivity contribution in [3.63, 3.8) is 0 Å². The van der Waals surface area contributed by atoms with Gasteiger partial charge in [-0.2, -0.15) is 0 Å². The molecule has 1 aromatic carbocycles. The number of rotatable bonds is 4. The van der Waals surface area contributed by atoms with E-state index in [0.717, 1.165) is 17.3 Å². The molecule has 110 valence electrons. The van der Waals surface area contributed by atoms with Crippen LogP contribution in [0, 0.1) is 12.7 Å². The summed E-state index contributed by atoms with van der Waals surface area (Å²) in [7, 11) is 0. The van der Waals surface area contributed by atoms with Crippen LogP contribution in [0.2, 0.25) is 0 Å². The summed E-state index contributed by atoms with van der Waals surface area (Å²) >= 11 is 0. The molecule has 0 radical (unpaired) electrons. The summed E-state index contributed by atoms with van der Waals surface area (Å²) in [6.45, 7) is 3.86. The van der Waals surface area contributed by atoms with Crippen molar-refractivity contribution < 1.29 is 14.3 Å². The summed E-state index contributed by atoms with van der Waals surface area (Å²) in [6, 6.07) is 6.94. The lowest BCUT2D eigenvalue weighted by Gasteiger charge is -2.17. The zero-order chi connectivity index (χ0) is 15.4. The predicted octanol–water partition coefficient (Wildman–Crippen LogP) is 3.12. The first-order valence-corrected chi connectivity index (χ1v) is 6.73. The first-order valence-electron chi connectivity index (χ1n) is 6.73. The number of nitrogens with zero attached hydrogens (tertiary/aromatic N) is 1. The van der Waals surface area contributed by atoms with E-state index >= 15 is 0 Å². The topological polar surface area (TPSA) is 62.2 Å². The van der Waals surface area contributed by atoms with E-state index in [0.29, 0.717) is 6.42 Å². The molecule has 0 saturated heterocycles. The smallest absolute Gasteiger partial charge is 0.254 e. The Morgan fingerprint density at radius 2 is 2.14 bits per heavy atom. The molecule has 0 spiro atoms. The van der Waals surface area contributed by atoms with E-state index in [4.69, 9.17) is 0 Å². The van der Waals surface area contributed by atoms with E-state index < -0.39 is 11.7 Å². The number of aromatic nitrogens is 1. The van der Waals surface area contributed by atoms with Crippen molar-refractivity contribution in [2.24, 2.45) is 0 Å². The van der Waals surface area contributed by atoms with Gasteiger partial charge in [-0.15, -0.1) is 0 Å². The number of hydrogen-bond donors (Lipinski definition) is 2. The van der Waals surface area contributed by atoms with Gasteiger partial charge in [-0.05, 0) is 43.2 Å². The average Bonchev–Trinajstić information content (AvgIpc) is 2.44. The minimum absolute atomic E-state index is 0.0982. The van der Waals surface area contributed by atoms with E-state index in [-0.39, 0.29) is 17.4 Å². The SMILES string of the molecule is CC[C@@H](NC(=O)c1ccc(O)cc1F)c1cc(C)ccn1. The average molecular weight is 288 g/mol. The van der Waals surface area contributed by atoms with Crippen LogP contribution in [0.1, 0.15) is 41.0 Å². The molecule has 0 saturated carbocycles. The summed E-state index contributed by atoms with van der Waals surface area (Å²) in [6.07, 6.45) is 2.32. The lowest BCUT2D eigenvalue weighted by molar-refractivity contribution is 0.0930. The van der Waals surface area contributed by atoms with Gasteiger partial charge in [-0.1, -0.05) is 6.92 Å². The number of phenols is 1. The summed E-state index contributed by atoms with van der Waals surface area (Å²) in [4.78, 5) is 16.4. The molecule has 2 rings (SSSR count). The molecule has 1 amide bonds. The van der Waals surface area contributed by atoms with E-state index in [1.165, 1.54) is 12.1 Å². The number of nitrogens with one attached hydrogen (secondary N) is 1. The second kappa shape index (κ2) is 6.35. The third-order valence-corrected chi connectivity index (χ3v) is 3.20. The summed E-state index contributed by atoms with van der Waals surface area (Å²) in [5, 5.41) is 11.9. The summed E-state index contributed by atoms with van der Waals surface area (Å²) in [5.74, 6) is -1.49. The number of aryl methyl sites for hydroxylation is 1. The van der Waals surface area contributed by atoms with Gasteiger partial charge in [-0.25, -0.2) is 4.39 Å². The first kappa shape index (κ1) is 15.0. The van der Waals surface area contributed by atoms with Crippen molar-refractivity contribution in [3.05, 3.63) is 59.2 Å². The third-order valence-electron chi connectivity index (χ3n) is 3.20. The molecule has 2 aromatic rings. The van der Waals surface area contributed by atoms with Gasteiger partial charge >= 0.3 is 0 Å². The zero-order valence-corrected chi connectivity index (χ0v) is 11.9. The van der Waals surface area contributed by atoms with Crippen LogP contribution >= 0.6 is 0 Å². The van der Waals surface area contributed by atoms with Gasteiger partial charge < -0.3 is 10.4 Å². The van der Waals surface area contributed by atoms with Crippen molar-refractivity contribution in [1.82, 2.24) is 10.3 Å². The summed E-state index contributed by atoms with van der Waals surface area (Å²) in [5.41, 5.74) is 1.69. The Morgan fingerprint density at radius 1 is 1.38 bits per heavy atom. The number of benzene rings is 1. The van der Waals surface area contributed by atoms with Crippen molar-refractivity contribution >= 4 is 5.91 Å². The maximum Gasteiger partial charge on any atom is 0.254 e. The molecule has 0 bridgehead atoms. The Hall–Kier alpha value is -2.43. The number of phenolic OH excluding ortho intramolecular Hbond substituents is 1. The van der Waals surface area contributed by atoms with E-state index in [9.17, 15) is 14.3 Å². The van der Waals surface area contributed by atoms with Crippen molar-refractivity contribution in [3.8, 4) is 5.75 Å². The molecular weight excluding hydrogens is 271 g/mol. The highest BCUT2D eigenvalue weighted by Crippen LogP contribution is 2.19. The van der Waals surface area contributed by atoms with Crippen LogP contribution in [0.15, 0.2) is 36.5 Å². The molecule has 21 heavy (non-hydrogen) atoms. The number of carbonyl (C=O) groups is 1. The molecule has 0 unspecified atom stereocenters. The highest BCUT2D eigenvalue weighted by atomic mass is 19.1. The maximum absolute atomic E-state index is 13.7. The number of carbonyl (C=O) groups excluding carboxylic acids is 1. The standard InChI is InChI=1S/C16H17FN2O2/c1-3-14(15-8-10(2)6-7-18-15)19-16(21)12-5-4-11(20)9-13(12)17/h4-9,14,20H,3H2,1-2H3,(H,19,21)/t14-/m1/s1. The lowest BCUT2D eigenvalue weighted by atomic mass is 10.1.